The molecule has 0 bridgehead atoms. The molecule has 3 aromatic heterocycles. The molecule has 5 rings (SSSR count). The molecule has 3 heterocycles. The van der Waals surface area contributed by atoms with Gasteiger partial charge >= 0.3 is 0 Å². The summed E-state index contributed by atoms with van der Waals surface area (Å²) in [7, 11) is -2.51. The van der Waals surface area contributed by atoms with Gasteiger partial charge in [0.1, 0.15) is 29.6 Å². The highest BCUT2D eigenvalue weighted by atomic mass is 79.9. The van der Waals surface area contributed by atoms with E-state index in [9.17, 15) is 4.39 Å². The van der Waals surface area contributed by atoms with Crippen LogP contribution in [0.15, 0.2) is 41.1 Å². The molecule has 45 heavy (non-hydrogen) atoms. The largest absolute Gasteiger partial charge is 0.366 e. The second-order valence-electron chi connectivity index (χ2n) is 14.7. The average molecular weight is 716 g/mol. The number of fused-ring (bicyclic) bond motifs is 2. The van der Waals surface area contributed by atoms with Crippen LogP contribution in [0.25, 0.3) is 27.7 Å². The van der Waals surface area contributed by atoms with Gasteiger partial charge in [-0.3, -0.25) is 4.98 Å². The average Bonchev–Trinajstić information content (AvgIpc) is 3.39. The molecule has 1 aliphatic carbocycles. The lowest BCUT2D eigenvalue weighted by Crippen LogP contribution is -2.34. The Bertz CT molecular complexity index is 1580. The predicted molar refractivity (Wildman–Crippen MR) is 192 cm³/mol. The van der Waals surface area contributed by atoms with Crippen molar-refractivity contribution >= 4 is 60.3 Å². The highest BCUT2D eigenvalue weighted by molar-refractivity contribution is 9.10. The van der Waals surface area contributed by atoms with Gasteiger partial charge in [-0.25, -0.2) is 9.37 Å². The third-order valence-electron chi connectivity index (χ3n) is 8.25. The van der Waals surface area contributed by atoms with E-state index in [1.807, 2.05) is 23.0 Å². The summed E-state index contributed by atoms with van der Waals surface area (Å²) in [6.45, 7) is 16.3. The van der Waals surface area contributed by atoms with E-state index in [-0.39, 0.29) is 5.82 Å². The molecule has 0 unspecified atom stereocenters. The van der Waals surface area contributed by atoms with Gasteiger partial charge in [0.25, 0.3) is 0 Å². The molecule has 1 N–H and O–H groups in total. The number of halogens is 2. The number of nitrogens with one attached hydrogen (secondary N) is 1. The van der Waals surface area contributed by atoms with Crippen molar-refractivity contribution in [2.45, 2.75) is 89.5 Å². The summed E-state index contributed by atoms with van der Waals surface area (Å²) in [6.07, 6.45) is 9.56. The van der Waals surface area contributed by atoms with E-state index in [2.05, 4.69) is 70.4 Å². The van der Waals surface area contributed by atoms with Gasteiger partial charge in [-0.05, 0) is 65.1 Å². The molecule has 4 aromatic rings. The summed E-state index contributed by atoms with van der Waals surface area (Å²) < 4.78 is 29.4. The van der Waals surface area contributed by atoms with E-state index < -0.39 is 16.1 Å². The number of anilines is 2. The van der Waals surface area contributed by atoms with Crippen LogP contribution >= 0.6 is 15.9 Å². The predicted octanol–water partition coefficient (Wildman–Crippen LogP) is 9.02. The van der Waals surface area contributed by atoms with Crippen LogP contribution in [0.4, 0.5) is 16.0 Å². The number of aromatic nitrogens is 4. The Labute approximate surface area is 277 Å². The fourth-order valence-corrected chi connectivity index (χ4v) is 7.62. The molecular weight excluding hydrogens is 667 g/mol. The molecule has 0 atom stereocenters. The summed E-state index contributed by atoms with van der Waals surface area (Å²) in [5.74, 6) is 1.31. The molecule has 1 aliphatic rings. The smallest absolute Gasteiger partial charge is 0.167 e. The van der Waals surface area contributed by atoms with Crippen LogP contribution in [-0.4, -0.2) is 68.4 Å². The van der Waals surface area contributed by atoms with E-state index in [1.54, 1.807) is 6.07 Å². The molecule has 244 valence electrons. The Kier molecular flexibility index (Phi) is 11.0. The first-order valence-corrected chi connectivity index (χ1v) is 24.4. The Morgan fingerprint density at radius 3 is 2.27 bits per heavy atom. The van der Waals surface area contributed by atoms with Crippen molar-refractivity contribution in [1.82, 2.24) is 19.6 Å². The third-order valence-corrected chi connectivity index (χ3v) is 12.4. The number of rotatable bonds is 14. The number of pyridine rings is 1. The summed E-state index contributed by atoms with van der Waals surface area (Å²) in [4.78, 5) is 11.9. The maximum atomic E-state index is 14.1. The quantitative estimate of drug-likeness (QED) is 0.0794. The van der Waals surface area contributed by atoms with Crippen molar-refractivity contribution in [3.05, 3.63) is 46.9 Å². The standard InChI is InChI=1S/C33H48BrFN6O2Si2/c1-44(2,3)16-14-42-22-40(23-43-15-17-45(4,5)6)33-30(34)31(38-27-10-8-7-9-11-27)39-32-28(21-37-41(32)33)25-18-24-19-26(35)12-13-29(24)36-20-25/h12-13,18-21,27H,7-11,14-17,22-23H2,1-6H3,(H,38,39). The molecular formula is C33H48BrFN6O2Si2. The van der Waals surface area contributed by atoms with E-state index >= 15 is 0 Å². The van der Waals surface area contributed by atoms with E-state index in [0.717, 1.165) is 63.1 Å². The number of benzene rings is 1. The van der Waals surface area contributed by atoms with Crippen LogP contribution in [0.1, 0.15) is 32.1 Å². The molecule has 0 aliphatic heterocycles. The summed E-state index contributed by atoms with van der Waals surface area (Å²) in [5.41, 5.74) is 3.09. The number of nitrogens with zero attached hydrogens (tertiary/aromatic N) is 5. The number of hydrogen-bond acceptors (Lipinski definition) is 7. The molecule has 0 radical (unpaired) electrons. The van der Waals surface area contributed by atoms with Crippen molar-refractivity contribution in [1.29, 1.82) is 0 Å². The van der Waals surface area contributed by atoms with E-state index in [0.29, 0.717) is 38.4 Å². The zero-order valence-electron chi connectivity index (χ0n) is 27.6. The lowest BCUT2D eigenvalue weighted by molar-refractivity contribution is 0.0941. The normalized spacial score (nSPS) is 14.8. The summed E-state index contributed by atoms with van der Waals surface area (Å²) >= 11 is 3.94. The first-order chi connectivity index (χ1) is 21.4. The Hall–Kier alpha value is -2.39. The highest BCUT2D eigenvalue weighted by Crippen LogP contribution is 2.37. The minimum Gasteiger partial charge on any atom is -0.366 e. The fourth-order valence-electron chi connectivity index (χ4n) is 5.49. The number of ether oxygens (including phenoxy) is 2. The van der Waals surface area contributed by atoms with E-state index in [1.165, 1.54) is 31.4 Å². The van der Waals surface area contributed by atoms with Gasteiger partial charge in [0.05, 0.1) is 11.7 Å². The van der Waals surface area contributed by atoms with Crippen molar-refractivity contribution in [2.24, 2.45) is 0 Å². The maximum absolute atomic E-state index is 14.1. The summed E-state index contributed by atoms with van der Waals surface area (Å²) in [5, 5.41) is 9.34. The molecule has 8 nitrogen and oxygen atoms in total. The van der Waals surface area contributed by atoms with Gasteiger partial charge < -0.3 is 19.7 Å². The topological polar surface area (TPSA) is 76.8 Å². The minimum atomic E-state index is -1.25. The van der Waals surface area contributed by atoms with Crippen molar-refractivity contribution in [3.63, 3.8) is 0 Å². The minimum absolute atomic E-state index is 0.288. The lowest BCUT2D eigenvalue weighted by atomic mass is 9.95. The molecule has 1 aromatic carbocycles. The second kappa shape index (κ2) is 14.6. The fraction of sp³-hybridized carbons (Fsp3) is 0.545. The Morgan fingerprint density at radius 2 is 1.62 bits per heavy atom. The molecule has 0 amide bonds. The highest BCUT2D eigenvalue weighted by Gasteiger charge is 2.25. The van der Waals surface area contributed by atoms with Crippen LogP contribution in [0.2, 0.25) is 51.4 Å². The third kappa shape index (κ3) is 9.12. The Morgan fingerprint density at radius 1 is 0.956 bits per heavy atom. The maximum Gasteiger partial charge on any atom is 0.167 e. The summed E-state index contributed by atoms with van der Waals surface area (Å²) in [6, 6.07) is 9.12. The van der Waals surface area contributed by atoms with Crippen LogP contribution in [0.3, 0.4) is 0 Å². The van der Waals surface area contributed by atoms with Crippen molar-refractivity contribution in [2.75, 3.05) is 36.9 Å². The van der Waals surface area contributed by atoms with Gasteiger partial charge in [0.2, 0.25) is 0 Å². The Balaban J connectivity index is 1.56. The number of hydrogen-bond donors (Lipinski definition) is 1. The zero-order valence-corrected chi connectivity index (χ0v) is 31.2. The lowest BCUT2D eigenvalue weighted by Gasteiger charge is -2.29. The molecule has 0 spiro atoms. The van der Waals surface area contributed by atoms with Crippen LogP contribution in [0, 0.1) is 5.82 Å². The SMILES string of the molecule is C[Si](C)(C)CCOCN(COCC[Si](C)(C)C)c1c(Br)c(NC2CCCCC2)nc2c(-c3cnc4ccc(F)cc4c3)cnn12. The van der Waals surface area contributed by atoms with E-state index in [4.69, 9.17) is 19.6 Å². The molecule has 0 saturated heterocycles. The van der Waals surface area contributed by atoms with Crippen LogP contribution in [-0.2, 0) is 9.47 Å². The second-order valence-corrected chi connectivity index (χ2v) is 26.7. The van der Waals surface area contributed by atoms with Gasteiger partial charge in [-0.15, -0.1) is 0 Å². The molecule has 12 heteroatoms. The first-order valence-electron chi connectivity index (χ1n) is 16.2. The van der Waals surface area contributed by atoms with Gasteiger partial charge in [0, 0.05) is 58.1 Å². The van der Waals surface area contributed by atoms with Gasteiger partial charge in [-0.2, -0.15) is 9.61 Å². The van der Waals surface area contributed by atoms with Crippen molar-refractivity contribution in [3.8, 4) is 11.1 Å². The van der Waals surface area contributed by atoms with Gasteiger partial charge in [0.15, 0.2) is 11.5 Å². The first kappa shape index (κ1) is 34.0. The molecule has 1 saturated carbocycles. The zero-order chi connectivity index (χ0) is 32.2. The monoisotopic (exact) mass is 714 g/mol. The molecule has 1 fully saturated rings. The van der Waals surface area contributed by atoms with Crippen LogP contribution in [0.5, 0.6) is 0 Å². The van der Waals surface area contributed by atoms with Crippen LogP contribution < -0.4 is 10.2 Å². The van der Waals surface area contributed by atoms with Crippen molar-refractivity contribution < 1.29 is 13.9 Å². The van der Waals surface area contributed by atoms with Gasteiger partial charge in [-0.1, -0.05) is 58.5 Å².